The van der Waals surface area contributed by atoms with E-state index in [9.17, 15) is 0 Å². The van der Waals surface area contributed by atoms with E-state index in [-0.39, 0.29) is 9.52 Å². The van der Waals surface area contributed by atoms with Gasteiger partial charge in [0.25, 0.3) is 0 Å². The highest BCUT2D eigenvalue weighted by molar-refractivity contribution is 6.40. The van der Waals surface area contributed by atoms with Crippen molar-refractivity contribution in [2.24, 2.45) is 0 Å². The van der Waals surface area contributed by atoms with Gasteiger partial charge in [0.05, 0.1) is 6.07 Å². The van der Waals surface area contributed by atoms with Crippen molar-refractivity contribution in [3.63, 3.8) is 0 Å². The predicted octanol–water partition coefficient (Wildman–Crippen LogP) is 1.32. The van der Waals surface area contributed by atoms with Gasteiger partial charge in [0, 0.05) is 15.6 Å². The highest BCUT2D eigenvalue weighted by Gasteiger charge is 2.08. The molecule has 0 rings (SSSR count). The van der Waals surface area contributed by atoms with Gasteiger partial charge in [-0.15, -0.1) is 0 Å². The molecule has 0 aromatic heterocycles. The van der Waals surface area contributed by atoms with E-state index < -0.39 is 0 Å². The molecule has 0 N–H and O–H groups in total. The molecule has 46 valence electrons. The lowest BCUT2D eigenvalue weighted by Gasteiger charge is -2.13. The summed E-state index contributed by atoms with van der Waals surface area (Å²) >= 11 is 0. The Hall–Kier alpha value is -0.293. The summed E-state index contributed by atoms with van der Waals surface area (Å²) in [5, 5.41) is 8.68. The second-order valence-electron chi connectivity index (χ2n) is 3.22. The van der Waals surface area contributed by atoms with E-state index in [1.807, 2.05) is 0 Å². The normalized spacial score (nSPS) is 12.2. The minimum Gasteiger partial charge on any atom is -0.199 e. The van der Waals surface area contributed by atoms with E-state index in [0.29, 0.717) is 5.04 Å². The molecule has 0 bridgehead atoms. The molecule has 1 nitrogen and oxygen atoms in total. The fraction of sp³-hybridized carbons (Fsp3) is 0.833. The van der Waals surface area contributed by atoms with Gasteiger partial charge in [-0.3, -0.25) is 0 Å². The van der Waals surface area contributed by atoms with Crippen LogP contribution in [0.2, 0.25) is 11.1 Å². The lowest BCUT2D eigenvalue weighted by atomic mass is 10.3. The van der Waals surface area contributed by atoms with Gasteiger partial charge in [-0.05, 0) is 5.04 Å². The lowest BCUT2D eigenvalue weighted by Crippen LogP contribution is -2.05. The molecule has 0 spiro atoms. The largest absolute Gasteiger partial charge is 0.199 e. The first-order chi connectivity index (χ1) is 3.56. The van der Waals surface area contributed by atoms with Crippen molar-refractivity contribution in [2.45, 2.75) is 31.9 Å². The fourth-order valence-electron chi connectivity index (χ4n) is 0.431. The molecular formula is C6H13NSi. The van der Waals surface area contributed by atoms with Gasteiger partial charge < -0.3 is 0 Å². The van der Waals surface area contributed by atoms with Gasteiger partial charge in [-0.1, -0.05) is 20.8 Å². The smallest absolute Gasteiger partial charge is 0.0584 e. The third-order valence-corrected chi connectivity index (χ3v) is 2.96. The van der Waals surface area contributed by atoms with Gasteiger partial charge in [-0.2, -0.15) is 5.26 Å². The van der Waals surface area contributed by atoms with E-state index in [1.54, 1.807) is 0 Å². The molecule has 0 aromatic carbocycles. The van der Waals surface area contributed by atoms with Gasteiger partial charge in [0.2, 0.25) is 0 Å². The number of hydrogen-bond acceptors (Lipinski definition) is 1. The zero-order valence-corrected chi connectivity index (χ0v) is 7.28. The van der Waals surface area contributed by atoms with Crippen LogP contribution in [0.1, 0.15) is 20.8 Å². The van der Waals surface area contributed by atoms with E-state index in [2.05, 4.69) is 26.8 Å². The van der Waals surface area contributed by atoms with Crippen molar-refractivity contribution in [1.82, 2.24) is 0 Å². The summed E-state index contributed by atoms with van der Waals surface area (Å²) in [6.45, 7) is 6.61. The molecule has 0 unspecified atom stereocenters. The number of rotatable bonds is 1. The maximum absolute atomic E-state index is 8.21. The molecule has 0 amide bonds. The van der Waals surface area contributed by atoms with E-state index in [0.717, 1.165) is 6.04 Å². The Morgan fingerprint density at radius 1 is 1.50 bits per heavy atom. The molecule has 0 saturated heterocycles. The quantitative estimate of drug-likeness (QED) is 0.487. The summed E-state index contributed by atoms with van der Waals surface area (Å²) in [7, 11) is -0.111. The molecule has 8 heavy (non-hydrogen) atoms. The average Bonchev–Trinajstić information content (AvgIpc) is 1.59. The molecule has 0 atom stereocenters. The van der Waals surface area contributed by atoms with Crippen LogP contribution in [-0.4, -0.2) is 9.52 Å². The van der Waals surface area contributed by atoms with E-state index in [1.165, 1.54) is 0 Å². The zero-order valence-electron chi connectivity index (χ0n) is 5.86. The van der Waals surface area contributed by atoms with Crippen molar-refractivity contribution >= 4 is 9.52 Å². The zero-order chi connectivity index (χ0) is 6.62. The van der Waals surface area contributed by atoms with Crippen molar-refractivity contribution < 1.29 is 0 Å². The van der Waals surface area contributed by atoms with Crippen LogP contribution in [0.5, 0.6) is 0 Å². The Morgan fingerprint density at radius 3 is 2.12 bits per heavy atom. The third kappa shape index (κ3) is 5.71. The summed E-state index contributed by atoms with van der Waals surface area (Å²) in [6, 6.07) is 3.01. The first-order valence-corrected chi connectivity index (χ1v) is 4.64. The molecule has 0 aliphatic carbocycles. The molecule has 0 radical (unpaired) electrons. The van der Waals surface area contributed by atoms with Crippen LogP contribution >= 0.6 is 0 Å². The Bertz CT molecular complexity index is 96.1. The van der Waals surface area contributed by atoms with Crippen molar-refractivity contribution in [2.75, 3.05) is 0 Å². The SMILES string of the molecule is CC(C)(C)[SiH2]CC#N. The van der Waals surface area contributed by atoms with Crippen molar-refractivity contribution in [1.29, 1.82) is 5.26 Å². The highest BCUT2D eigenvalue weighted by atomic mass is 28.2. The summed E-state index contributed by atoms with van der Waals surface area (Å²) in [4.78, 5) is 0. The Kier molecular flexibility index (Phi) is 2.78. The van der Waals surface area contributed by atoms with Crippen LogP contribution in [0.25, 0.3) is 0 Å². The maximum Gasteiger partial charge on any atom is 0.0584 e. The van der Waals surface area contributed by atoms with Crippen LogP contribution in [0.15, 0.2) is 0 Å². The molecule has 0 fully saturated rings. The minimum atomic E-state index is -0.111. The van der Waals surface area contributed by atoms with Crippen LogP contribution in [0, 0.1) is 11.3 Å². The third-order valence-electron chi connectivity index (χ3n) is 0.987. The average molecular weight is 127 g/mol. The van der Waals surface area contributed by atoms with Gasteiger partial charge in [-0.25, -0.2) is 0 Å². The molecule has 0 aliphatic heterocycles. The van der Waals surface area contributed by atoms with Crippen LogP contribution in [0.4, 0.5) is 0 Å². The second-order valence-corrected chi connectivity index (χ2v) is 6.34. The number of nitrogens with zero attached hydrogens (tertiary/aromatic N) is 1. The Labute approximate surface area is 53.5 Å². The molecular weight excluding hydrogens is 114 g/mol. The standard InChI is InChI=1S/C6H13NSi/c1-6(2,3)8-5-4-7/h5,8H2,1-3H3. The number of hydrogen-bond donors (Lipinski definition) is 0. The lowest BCUT2D eigenvalue weighted by molar-refractivity contribution is 0.753. The first-order valence-electron chi connectivity index (χ1n) is 2.93. The summed E-state index contributed by atoms with van der Waals surface area (Å²) < 4.78 is 0. The Balaban J connectivity index is 3.28. The van der Waals surface area contributed by atoms with Crippen LogP contribution in [-0.2, 0) is 0 Å². The van der Waals surface area contributed by atoms with E-state index in [4.69, 9.17) is 5.26 Å². The molecule has 0 saturated carbocycles. The number of nitriles is 1. The van der Waals surface area contributed by atoms with E-state index >= 15 is 0 Å². The summed E-state index contributed by atoms with van der Waals surface area (Å²) in [6.07, 6.45) is 0. The van der Waals surface area contributed by atoms with Gasteiger partial charge in [0.1, 0.15) is 0 Å². The fourth-order valence-corrected chi connectivity index (χ4v) is 1.29. The topological polar surface area (TPSA) is 23.8 Å². The second kappa shape index (κ2) is 2.88. The van der Waals surface area contributed by atoms with Crippen LogP contribution < -0.4 is 0 Å². The molecule has 2 heteroatoms. The monoisotopic (exact) mass is 127 g/mol. The highest BCUT2D eigenvalue weighted by Crippen LogP contribution is 2.20. The summed E-state index contributed by atoms with van der Waals surface area (Å²) in [5.41, 5.74) is 0. The molecule has 0 heterocycles. The Morgan fingerprint density at radius 2 is 2.00 bits per heavy atom. The summed E-state index contributed by atoms with van der Waals surface area (Å²) in [5.74, 6) is 0. The van der Waals surface area contributed by atoms with Gasteiger partial charge in [0.15, 0.2) is 0 Å². The van der Waals surface area contributed by atoms with Crippen LogP contribution in [0.3, 0.4) is 0 Å². The van der Waals surface area contributed by atoms with Crippen molar-refractivity contribution in [3.05, 3.63) is 0 Å². The molecule has 0 aliphatic rings. The first kappa shape index (κ1) is 7.71. The van der Waals surface area contributed by atoms with Crippen molar-refractivity contribution in [3.8, 4) is 6.07 Å². The predicted molar refractivity (Wildman–Crippen MR) is 38.7 cm³/mol. The molecule has 0 aromatic rings. The van der Waals surface area contributed by atoms with Gasteiger partial charge >= 0.3 is 0 Å². The maximum atomic E-state index is 8.21. The minimum absolute atomic E-state index is 0.111.